The van der Waals surface area contributed by atoms with Crippen molar-refractivity contribution in [3.8, 4) is 23.0 Å². The first-order valence-corrected chi connectivity index (χ1v) is 11.2. The molecular weight excluding hydrogens is 474 g/mol. The van der Waals surface area contributed by atoms with Crippen LogP contribution in [0.15, 0.2) is 60.7 Å². The molecule has 9 heteroatoms. The van der Waals surface area contributed by atoms with Crippen LogP contribution < -0.4 is 24.3 Å². The van der Waals surface area contributed by atoms with Crippen LogP contribution in [0.5, 0.6) is 23.0 Å². The van der Waals surface area contributed by atoms with Crippen molar-refractivity contribution in [1.29, 1.82) is 0 Å². The molecule has 1 amide bonds. The number of esters is 1. The van der Waals surface area contributed by atoms with Gasteiger partial charge in [0.2, 0.25) is 6.79 Å². The summed E-state index contributed by atoms with van der Waals surface area (Å²) in [5.74, 6) is 1.04. The Morgan fingerprint density at radius 1 is 1.00 bits per heavy atom. The Labute approximate surface area is 207 Å². The summed E-state index contributed by atoms with van der Waals surface area (Å²) in [6.07, 6.45) is 0. The number of halogens is 1. The Kier molecular flexibility index (Phi) is 7.62. The number of hydrogen-bond donors (Lipinski definition) is 1. The maximum absolute atomic E-state index is 12.5. The summed E-state index contributed by atoms with van der Waals surface area (Å²) in [4.78, 5) is 24.8. The molecular formula is C26H24ClNO7. The van der Waals surface area contributed by atoms with Crippen LogP contribution in [-0.4, -0.2) is 32.4 Å². The third-order valence-electron chi connectivity index (χ3n) is 5.32. The topological polar surface area (TPSA) is 92.3 Å². The molecule has 1 aliphatic rings. The van der Waals surface area contributed by atoms with E-state index in [2.05, 4.69) is 5.32 Å². The number of ether oxygens (including phenoxy) is 5. The monoisotopic (exact) mass is 497 g/mol. The molecule has 1 heterocycles. The maximum atomic E-state index is 12.5. The Balaban J connectivity index is 1.30. The molecule has 4 rings (SSSR count). The zero-order chi connectivity index (χ0) is 24.8. The van der Waals surface area contributed by atoms with Crippen molar-refractivity contribution >= 4 is 23.5 Å². The second-order valence-corrected chi connectivity index (χ2v) is 8.20. The molecule has 0 spiro atoms. The van der Waals surface area contributed by atoms with E-state index in [1.807, 2.05) is 31.2 Å². The van der Waals surface area contributed by atoms with Crippen LogP contribution in [0.4, 0.5) is 0 Å². The van der Waals surface area contributed by atoms with Crippen molar-refractivity contribution in [2.75, 3.05) is 20.5 Å². The van der Waals surface area contributed by atoms with Crippen LogP contribution in [0.1, 0.15) is 34.5 Å². The van der Waals surface area contributed by atoms with Crippen LogP contribution in [-0.2, 0) is 16.1 Å². The lowest BCUT2D eigenvalue weighted by Crippen LogP contribution is -2.31. The van der Waals surface area contributed by atoms with E-state index in [1.165, 1.54) is 13.2 Å². The second-order valence-electron chi connectivity index (χ2n) is 7.76. The van der Waals surface area contributed by atoms with Gasteiger partial charge in [-0.1, -0.05) is 29.8 Å². The van der Waals surface area contributed by atoms with Gasteiger partial charge in [0.25, 0.3) is 5.91 Å². The Hall–Kier alpha value is -3.91. The third-order valence-corrected chi connectivity index (χ3v) is 5.57. The molecule has 0 aliphatic carbocycles. The average molecular weight is 498 g/mol. The van der Waals surface area contributed by atoms with Gasteiger partial charge in [-0.15, -0.1) is 0 Å². The molecule has 1 aliphatic heterocycles. The largest absolute Gasteiger partial charge is 0.493 e. The molecule has 182 valence electrons. The van der Waals surface area contributed by atoms with Gasteiger partial charge in [-0.25, -0.2) is 4.79 Å². The minimum absolute atomic E-state index is 0.176. The van der Waals surface area contributed by atoms with Crippen LogP contribution in [0.25, 0.3) is 0 Å². The van der Waals surface area contributed by atoms with Gasteiger partial charge in [-0.05, 0) is 60.5 Å². The lowest BCUT2D eigenvalue weighted by atomic mass is 10.1. The number of benzene rings is 3. The molecule has 0 bridgehead atoms. The number of rotatable bonds is 9. The van der Waals surface area contributed by atoms with Crippen molar-refractivity contribution in [3.05, 3.63) is 82.4 Å². The molecule has 0 radical (unpaired) electrons. The number of carbonyl (C=O) groups is 2. The van der Waals surface area contributed by atoms with E-state index in [9.17, 15) is 9.59 Å². The first kappa shape index (κ1) is 24.2. The summed E-state index contributed by atoms with van der Waals surface area (Å²) in [7, 11) is 1.48. The fourth-order valence-corrected chi connectivity index (χ4v) is 3.54. The first-order valence-electron chi connectivity index (χ1n) is 10.8. The molecule has 3 aromatic carbocycles. The van der Waals surface area contributed by atoms with Gasteiger partial charge in [-0.3, -0.25) is 4.79 Å². The molecule has 0 saturated carbocycles. The third kappa shape index (κ3) is 6.16. The minimum atomic E-state index is -0.654. The number of nitrogens with one attached hydrogen (secondary N) is 1. The maximum Gasteiger partial charge on any atom is 0.338 e. The van der Waals surface area contributed by atoms with Gasteiger partial charge < -0.3 is 29.0 Å². The number of methoxy groups -OCH3 is 1. The van der Waals surface area contributed by atoms with Crippen LogP contribution in [0, 0.1) is 0 Å². The van der Waals surface area contributed by atoms with E-state index in [0.717, 1.165) is 11.1 Å². The van der Waals surface area contributed by atoms with Crippen molar-refractivity contribution in [2.45, 2.75) is 19.6 Å². The molecule has 8 nitrogen and oxygen atoms in total. The van der Waals surface area contributed by atoms with Gasteiger partial charge in [-0.2, -0.15) is 0 Å². The van der Waals surface area contributed by atoms with E-state index >= 15 is 0 Å². The quantitative estimate of drug-likeness (QED) is 0.429. The lowest BCUT2D eigenvalue weighted by molar-refractivity contribution is -0.124. The van der Waals surface area contributed by atoms with Gasteiger partial charge in [0.15, 0.2) is 29.6 Å². The van der Waals surface area contributed by atoms with E-state index in [-0.39, 0.29) is 18.4 Å². The summed E-state index contributed by atoms with van der Waals surface area (Å²) in [5, 5.41) is 3.44. The van der Waals surface area contributed by atoms with E-state index in [0.29, 0.717) is 34.6 Å². The van der Waals surface area contributed by atoms with Crippen molar-refractivity contribution < 1.29 is 33.3 Å². The predicted octanol–water partition coefficient (Wildman–Crippen LogP) is 4.69. The first-order chi connectivity index (χ1) is 16.9. The Morgan fingerprint density at radius 3 is 2.54 bits per heavy atom. The van der Waals surface area contributed by atoms with E-state index < -0.39 is 18.5 Å². The summed E-state index contributed by atoms with van der Waals surface area (Å²) in [6.45, 7) is 1.88. The summed E-state index contributed by atoms with van der Waals surface area (Å²) < 4.78 is 27.0. The van der Waals surface area contributed by atoms with Crippen molar-refractivity contribution in [2.24, 2.45) is 0 Å². The highest BCUT2D eigenvalue weighted by Gasteiger charge is 2.18. The van der Waals surface area contributed by atoms with Crippen molar-refractivity contribution in [1.82, 2.24) is 5.32 Å². The Bertz CT molecular complexity index is 1210. The van der Waals surface area contributed by atoms with E-state index in [4.69, 9.17) is 35.3 Å². The number of hydrogen-bond acceptors (Lipinski definition) is 7. The van der Waals surface area contributed by atoms with Gasteiger partial charge in [0.1, 0.15) is 6.61 Å². The zero-order valence-corrected chi connectivity index (χ0v) is 20.0. The van der Waals surface area contributed by atoms with Crippen LogP contribution in [0.2, 0.25) is 5.02 Å². The molecule has 0 saturated heterocycles. The fraction of sp³-hybridized carbons (Fsp3) is 0.231. The molecule has 3 aromatic rings. The number of carbonyl (C=O) groups excluding carboxylic acids is 2. The van der Waals surface area contributed by atoms with Crippen LogP contribution >= 0.6 is 11.6 Å². The van der Waals surface area contributed by atoms with Gasteiger partial charge >= 0.3 is 5.97 Å². The van der Waals surface area contributed by atoms with E-state index in [1.54, 1.807) is 30.3 Å². The smallest absolute Gasteiger partial charge is 0.338 e. The highest BCUT2D eigenvalue weighted by Crippen LogP contribution is 2.34. The highest BCUT2D eigenvalue weighted by atomic mass is 35.5. The zero-order valence-electron chi connectivity index (χ0n) is 19.2. The second kappa shape index (κ2) is 11.0. The number of amides is 1. The molecule has 0 aromatic heterocycles. The standard InChI is InChI=1S/C26H24ClNO7/c1-16(18-5-9-22-24(11-18)35-15-34-22)28-25(29)14-33-26(30)19-6-10-21(23(12-19)31-2)32-13-17-3-7-20(27)8-4-17/h3-12,16H,13-15H2,1-2H3,(H,28,29). The predicted molar refractivity (Wildman–Crippen MR) is 128 cm³/mol. The molecule has 1 unspecified atom stereocenters. The molecule has 0 fully saturated rings. The summed E-state index contributed by atoms with van der Waals surface area (Å²) in [6, 6.07) is 17.1. The normalized spacial score (nSPS) is 12.5. The molecule has 1 N–H and O–H groups in total. The SMILES string of the molecule is COc1cc(C(=O)OCC(=O)NC(C)c2ccc3c(c2)OCO3)ccc1OCc1ccc(Cl)cc1. The Morgan fingerprint density at radius 2 is 1.77 bits per heavy atom. The summed E-state index contributed by atoms with van der Waals surface area (Å²) >= 11 is 5.90. The van der Waals surface area contributed by atoms with Crippen LogP contribution in [0.3, 0.4) is 0 Å². The average Bonchev–Trinajstić information content (AvgIpc) is 3.35. The summed E-state index contributed by atoms with van der Waals surface area (Å²) in [5.41, 5.74) is 2.01. The van der Waals surface area contributed by atoms with Crippen molar-refractivity contribution in [3.63, 3.8) is 0 Å². The lowest BCUT2D eigenvalue weighted by Gasteiger charge is -2.15. The van der Waals surface area contributed by atoms with Gasteiger partial charge in [0.05, 0.1) is 18.7 Å². The van der Waals surface area contributed by atoms with Gasteiger partial charge in [0, 0.05) is 5.02 Å². The minimum Gasteiger partial charge on any atom is -0.493 e. The molecule has 35 heavy (non-hydrogen) atoms. The molecule has 1 atom stereocenters. The highest BCUT2D eigenvalue weighted by molar-refractivity contribution is 6.30. The fourth-order valence-electron chi connectivity index (χ4n) is 3.42. The number of fused-ring (bicyclic) bond motifs is 1.